The largest absolute Gasteiger partial charge is 0.382 e. The molecule has 2 aromatic heterocycles. The highest BCUT2D eigenvalue weighted by Gasteiger charge is 2.22. The highest BCUT2D eigenvalue weighted by molar-refractivity contribution is 6.35. The molecule has 4 rings (SSSR count). The van der Waals surface area contributed by atoms with Gasteiger partial charge in [0.2, 0.25) is 5.95 Å². The zero-order valence-electron chi connectivity index (χ0n) is 16.7. The number of rotatable bonds is 4. The van der Waals surface area contributed by atoms with Crippen LogP contribution in [0.2, 0.25) is 10.0 Å². The zero-order valence-corrected chi connectivity index (χ0v) is 18.2. The number of nitriles is 1. The Kier molecular flexibility index (Phi) is 5.57. The average Bonchev–Trinajstić information content (AvgIpc) is 2.73. The highest BCUT2D eigenvalue weighted by atomic mass is 35.5. The first-order valence-corrected chi connectivity index (χ1v) is 10.1. The Morgan fingerprint density at radius 3 is 2.59 bits per heavy atom. The maximum absolute atomic E-state index is 13.5. The summed E-state index contributed by atoms with van der Waals surface area (Å²) in [4.78, 5) is 26.1. The fraction of sp³-hybridized carbons (Fsp3) is 0.0952. The number of nitrogens with two attached hydrogens (primary N) is 2. The predicted molar refractivity (Wildman–Crippen MR) is 125 cm³/mol. The lowest BCUT2D eigenvalue weighted by Gasteiger charge is -2.21. The molecular weight excluding hydrogens is 451 g/mol. The van der Waals surface area contributed by atoms with E-state index in [1.807, 2.05) is 6.07 Å². The van der Waals surface area contributed by atoms with E-state index in [4.69, 9.17) is 34.7 Å². The molecule has 32 heavy (non-hydrogen) atoms. The van der Waals surface area contributed by atoms with Gasteiger partial charge in [0.1, 0.15) is 23.3 Å². The summed E-state index contributed by atoms with van der Waals surface area (Å²) < 4.78 is 1.41. The van der Waals surface area contributed by atoms with Crippen LogP contribution in [0.5, 0.6) is 0 Å². The highest BCUT2D eigenvalue weighted by Crippen LogP contribution is 2.27. The minimum Gasteiger partial charge on any atom is -0.382 e. The topological polar surface area (TPSA) is 149 Å². The molecule has 0 radical (unpaired) electrons. The number of nitrogens with zero attached hydrogens (tertiary/aromatic N) is 5. The van der Waals surface area contributed by atoms with Gasteiger partial charge in [0, 0.05) is 5.02 Å². The number of fused-ring (bicyclic) bond motifs is 1. The first kappa shape index (κ1) is 21.4. The van der Waals surface area contributed by atoms with E-state index in [1.165, 1.54) is 4.57 Å². The molecule has 9 nitrogen and oxygen atoms in total. The second-order valence-electron chi connectivity index (χ2n) is 6.89. The molecule has 4 aromatic rings. The van der Waals surface area contributed by atoms with Gasteiger partial charge in [0.15, 0.2) is 5.82 Å². The smallest absolute Gasteiger partial charge is 0.267 e. The van der Waals surface area contributed by atoms with Crippen LogP contribution in [0.4, 0.5) is 17.6 Å². The van der Waals surface area contributed by atoms with E-state index < -0.39 is 6.04 Å². The summed E-state index contributed by atoms with van der Waals surface area (Å²) in [6.07, 6.45) is 0. The predicted octanol–water partition coefficient (Wildman–Crippen LogP) is 3.69. The van der Waals surface area contributed by atoms with E-state index in [1.54, 1.807) is 49.4 Å². The summed E-state index contributed by atoms with van der Waals surface area (Å²) in [5.41, 5.74) is 12.1. The quantitative estimate of drug-likeness (QED) is 0.412. The molecule has 160 valence electrons. The summed E-state index contributed by atoms with van der Waals surface area (Å²) in [6.45, 7) is 1.76. The fourth-order valence-electron chi connectivity index (χ4n) is 3.34. The molecule has 1 atom stereocenters. The van der Waals surface area contributed by atoms with Gasteiger partial charge in [0.05, 0.1) is 27.7 Å². The SMILES string of the molecule is C[C@H](Nc1nc(N)nc(N)c1C#N)c1nc2cccc(Cl)c2c(=O)n1-c1cccc(Cl)c1. The van der Waals surface area contributed by atoms with Gasteiger partial charge in [-0.2, -0.15) is 15.2 Å². The maximum atomic E-state index is 13.5. The Bertz CT molecular complexity index is 1460. The zero-order chi connectivity index (χ0) is 23.0. The van der Waals surface area contributed by atoms with Crippen LogP contribution < -0.4 is 22.3 Å². The molecule has 0 unspecified atom stereocenters. The van der Waals surface area contributed by atoms with Crippen LogP contribution in [0, 0.1) is 11.3 Å². The van der Waals surface area contributed by atoms with Crippen molar-refractivity contribution in [3.05, 3.63) is 74.3 Å². The number of hydrogen-bond acceptors (Lipinski definition) is 8. The maximum Gasteiger partial charge on any atom is 0.267 e. The molecule has 0 bridgehead atoms. The number of halogens is 2. The van der Waals surface area contributed by atoms with Crippen LogP contribution in [0.25, 0.3) is 16.6 Å². The van der Waals surface area contributed by atoms with Crippen molar-refractivity contribution in [2.24, 2.45) is 0 Å². The van der Waals surface area contributed by atoms with Crippen molar-refractivity contribution in [3.8, 4) is 11.8 Å². The van der Waals surface area contributed by atoms with E-state index in [0.717, 1.165) is 0 Å². The van der Waals surface area contributed by atoms with E-state index in [9.17, 15) is 10.1 Å². The van der Waals surface area contributed by atoms with Crippen LogP contribution in [0.15, 0.2) is 47.3 Å². The Hall–Kier alpha value is -3.87. The number of benzene rings is 2. The summed E-state index contributed by atoms with van der Waals surface area (Å²) in [7, 11) is 0. The van der Waals surface area contributed by atoms with Crippen molar-refractivity contribution >= 4 is 51.7 Å². The molecule has 0 aliphatic rings. The summed E-state index contributed by atoms with van der Waals surface area (Å²) >= 11 is 12.5. The van der Waals surface area contributed by atoms with Crippen LogP contribution >= 0.6 is 23.2 Å². The van der Waals surface area contributed by atoms with Crippen molar-refractivity contribution in [1.82, 2.24) is 19.5 Å². The molecule has 0 saturated carbocycles. The van der Waals surface area contributed by atoms with Gasteiger partial charge in [-0.3, -0.25) is 9.36 Å². The first-order chi connectivity index (χ1) is 15.3. The molecule has 0 amide bonds. The molecule has 2 heterocycles. The lowest BCUT2D eigenvalue weighted by atomic mass is 10.2. The third-order valence-corrected chi connectivity index (χ3v) is 5.30. The lowest BCUT2D eigenvalue weighted by molar-refractivity contribution is 0.731. The number of nitrogens with one attached hydrogen (secondary N) is 1. The van der Waals surface area contributed by atoms with E-state index >= 15 is 0 Å². The van der Waals surface area contributed by atoms with Gasteiger partial charge >= 0.3 is 0 Å². The normalized spacial score (nSPS) is 11.8. The van der Waals surface area contributed by atoms with Gasteiger partial charge in [-0.15, -0.1) is 0 Å². The number of nitrogen functional groups attached to an aromatic ring is 2. The van der Waals surface area contributed by atoms with Crippen molar-refractivity contribution in [3.63, 3.8) is 0 Å². The summed E-state index contributed by atoms with van der Waals surface area (Å²) in [6, 6.07) is 13.2. The molecular formula is C21H16Cl2N8O. The molecule has 0 fully saturated rings. The average molecular weight is 467 g/mol. The molecule has 0 aliphatic carbocycles. The minimum absolute atomic E-state index is 0.0338. The molecule has 0 aliphatic heterocycles. The summed E-state index contributed by atoms with van der Waals surface area (Å²) in [5, 5.41) is 13.5. The Morgan fingerprint density at radius 2 is 1.88 bits per heavy atom. The van der Waals surface area contributed by atoms with Crippen molar-refractivity contribution in [2.75, 3.05) is 16.8 Å². The monoisotopic (exact) mass is 466 g/mol. The Morgan fingerprint density at radius 1 is 1.12 bits per heavy atom. The third kappa shape index (κ3) is 3.77. The lowest BCUT2D eigenvalue weighted by Crippen LogP contribution is -2.28. The number of aromatic nitrogens is 4. The minimum atomic E-state index is -0.606. The Balaban J connectivity index is 1.95. The van der Waals surface area contributed by atoms with Crippen molar-refractivity contribution < 1.29 is 0 Å². The van der Waals surface area contributed by atoms with Gasteiger partial charge in [-0.1, -0.05) is 35.3 Å². The number of anilines is 3. The fourth-order valence-corrected chi connectivity index (χ4v) is 3.78. The van der Waals surface area contributed by atoms with E-state index in [-0.39, 0.29) is 39.1 Å². The summed E-state index contributed by atoms with van der Waals surface area (Å²) in [5.74, 6) is 0.316. The Labute approximate surface area is 192 Å². The second-order valence-corrected chi connectivity index (χ2v) is 7.74. The van der Waals surface area contributed by atoms with Crippen LogP contribution in [-0.4, -0.2) is 19.5 Å². The van der Waals surface area contributed by atoms with Crippen LogP contribution in [0.3, 0.4) is 0 Å². The third-order valence-electron chi connectivity index (χ3n) is 4.75. The standard InChI is InChI=1S/C21H16Cl2N8O/c1-10(27-18-13(9-24)17(25)29-21(26)30-18)19-28-15-7-3-6-14(23)16(15)20(32)31(19)12-5-2-4-11(22)8-12/h2-8,10H,1H3,(H5,25,26,27,29,30)/t10-/m0/s1. The molecule has 2 aromatic carbocycles. The van der Waals surface area contributed by atoms with Gasteiger partial charge < -0.3 is 16.8 Å². The molecule has 0 saturated heterocycles. The molecule has 11 heteroatoms. The molecule has 0 spiro atoms. The van der Waals surface area contributed by atoms with E-state index in [0.29, 0.717) is 22.1 Å². The first-order valence-electron chi connectivity index (χ1n) is 9.37. The van der Waals surface area contributed by atoms with E-state index in [2.05, 4.69) is 20.3 Å². The van der Waals surface area contributed by atoms with Gasteiger partial charge in [0.25, 0.3) is 5.56 Å². The molecule has 5 N–H and O–H groups in total. The second kappa shape index (κ2) is 8.34. The van der Waals surface area contributed by atoms with Crippen molar-refractivity contribution in [1.29, 1.82) is 5.26 Å². The van der Waals surface area contributed by atoms with Gasteiger partial charge in [-0.25, -0.2) is 4.98 Å². The van der Waals surface area contributed by atoms with Crippen LogP contribution in [0.1, 0.15) is 24.4 Å². The van der Waals surface area contributed by atoms with Gasteiger partial charge in [-0.05, 0) is 37.3 Å². The number of hydrogen-bond donors (Lipinski definition) is 3. The van der Waals surface area contributed by atoms with Crippen molar-refractivity contribution in [2.45, 2.75) is 13.0 Å². The van der Waals surface area contributed by atoms with Crippen LogP contribution in [-0.2, 0) is 0 Å².